The highest BCUT2D eigenvalue weighted by Gasteiger charge is 2.13. The highest BCUT2D eigenvalue weighted by Crippen LogP contribution is 2.17. The van der Waals surface area contributed by atoms with E-state index in [1.54, 1.807) is 12.1 Å². The molecule has 2 atom stereocenters. The van der Waals surface area contributed by atoms with E-state index < -0.39 is 10.0 Å². The standard InChI is InChI=1S/C13H22N2O3S/c1-10(5-4-8-16)15-11(2)12-6-3-7-13(9-12)19(14,17)18/h3,6-7,9-11,15-16H,4-5,8H2,1-2H3,(H2,14,17,18). The molecule has 0 amide bonds. The van der Waals surface area contributed by atoms with Crippen LogP contribution in [0.1, 0.15) is 38.3 Å². The Balaban J connectivity index is 2.75. The van der Waals surface area contributed by atoms with Crippen molar-refractivity contribution >= 4 is 10.0 Å². The van der Waals surface area contributed by atoms with Crippen LogP contribution in [0.15, 0.2) is 29.2 Å². The van der Waals surface area contributed by atoms with Gasteiger partial charge < -0.3 is 10.4 Å². The fourth-order valence-electron chi connectivity index (χ4n) is 1.96. The quantitative estimate of drug-likeness (QED) is 0.701. The fourth-order valence-corrected chi connectivity index (χ4v) is 2.53. The molecule has 108 valence electrons. The number of aliphatic hydroxyl groups is 1. The summed E-state index contributed by atoms with van der Waals surface area (Å²) in [4.78, 5) is 0.127. The van der Waals surface area contributed by atoms with E-state index in [1.165, 1.54) is 6.07 Å². The normalized spacial score (nSPS) is 15.2. The summed E-state index contributed by atoms with van der Waals surface area (Å²) in [5.74, 6) is 0. The zero-order valence-electron chi connectivity index (χ0n) is 11.3. The van der Waals surface area contributed by atoms with Crippen molar-refractivity contribution in [2.75, 3.05) is 6.61 Å². The van der Waals surface area contributed by atoms with Crippen molar-refractivity contribution < 1.29 is 13.5 Å². The Kier molecular flexibility index (Phi) is 5.93. The Hall–Kier alpha value is -0.950. The second-order valence-electron chi connectivity index (χ2n) is 4.77. The number of hydrogen-bond acceptors (Lipinski definition) is 4. The second-order valence-corrected chi connectivity index (χ2v) is 6.33. The zero-order chi connectivity index (χ0) is 14.5. The summed E-state index contributed by atoms with van der Waals surface area (Å²) in [6.45, 7) is 4.19. The van der Waals surface area contributed by atoms with Crippen molar-refractivity contribution in [3.05, 3.63) is 29.8 Å². The molecule has 1 aromatic carbocycles. The van der Waals surface area contributed by atoms with E-state index in [2.05, 4.69) is 5.32 Å². The molecule has 1 rings (SSSR count). The smallest absolute Gasteiger partial charge is 0.238 e. The van der Waals surface area contributed by atoms with Gasteiger partial charge in [-0.2, -0.15) is 0 Å². The lowest BCUT2D eigenvalue weighted by molar-refractivity contribution is 0.274. The van der Waals surface area contributed by atoms with Crippen molar-refractivity contribution in [2.45, 2.75) is 43.7 Å². The van der Waals surface area contributed by atoms with E-state index in [-0.39, 0.29) is 23.6 Å². The predicted octanol–water partition coefficient (Wildman–Crippen LogP) is 1.15. The molecule has 0 saturated carbocycles. The van der Waals surface area contributed by atoms with Crippen molar-refractivity contribution in [1.29, 1.82) is 0 Å². The van der Waals surface area contributed by atoms with Crippen molar-refractivity contribution in [3.63, 3.8) is 0 Å². The van der Waals surface area contributed by atoms with Gasteiger partial charge in [-0.15, -0.1) is 0 Å². The first-order valence-electron chi connectivity index (χ1n) is 6.34. The van der Waals surface area contributed by atoms with Crippen molar-refractivity contribution in [1.82, 2.24) is 5.32 Å². The van der Waals surface area contributed by atoms with Crippen LogP contribution in [0, 0.1) is 0 Å². The zero-order valence-corrected chi connectivity index (χ0v) is 12.2. The number of rotatable bonds is 7. The van der Waals surface area contributed by atoms with Gasteiger partial charge in [0, 0.05) is 18.7 Å². The molecule has 0 aromatic heterocycles. The first-order valence-corrected chi connectivity index (χ1v) is 7.89. The summed E-state index contributed by atoms with van der Waals surface area (Å²) in [5.41, 5.74) is 0.877. The molecule has 0 spiro atoms. The number of nitrogens with one attached hydrogen (secondary N) is 1. The number of primary sulfonamides is 1. The summed E-state index contributed by atoms with van der Waals surface area (Å²) >= 11 is 0. The minimum Gasteiger partial charge on any atom is -0.396 e. The average molecular weight is 286 g/mol. The van der Waals surface area contributed by atoms with Gasteiger partial charge in [-0.05, 0) is 44.4 Å². The summed E-state index contributed by atoms with van der Waals surface area (Å²) in [6.07, 6.45) is 1.62. The van der Waals surface area contributed by atoms with Gasteiger partial charge in [0.2, 0.25) is 10.0 Å². The van der Waals surface area contributed by atoms with E-state index in [9.17, 15) is 8.42 Å². The molecule has 0 aliphatic rings. The lowest BCUT2D eigenvalue weighted by Gasteiger charge is -2.20. The molecule has 6 heteroatoms. The summed E-state index contributed by atoms with van der Waals surface area (Å²) < 4.78 is 22.6. The van der Waals surface area contributed by atoms with Gasteiger partial charge in [0.25, 0.3) is 0 Å². The van der Waals surface area contributed by atoms with Crippen molar-refractivity contribution in [2.24, 2.45) is 5.14 Å². The topological polar surface area (TPSA) is 92.4 Å². The van der Waals surface area contributed by atoms with Crippen LogP contribution in [0.4, 0.5) is 0 Å². The largest absolute Gasteiger partial charge is 0.396 e. The van der Waals surface area contributed by atoms with Gasteiger partial charge in [0.1, 0.15) is 0 Å². The molecule has 0 radical (unpaired) electrons. The van der Waals surface area contributed by atoms with Crippen LogP contribution in [0.2, 0.25) is 0 Å². The number of nitrogens with two attached hydrogens (primary N) is 1. The fraction of sp³-hybridized carbons (Fsp3) is 0.538. The third kappa shape index (κ3) is 5.28. The molecule has 5 nitrogen and oxygen atoms in total. The van der Waals surface area contributed by atoms with E-state index in [4.69, 9.17) is 10.2 Å². The van der Waals surface area contributed by atoms with E-state index in [1.807, 2.05) is 19.9 Å². The van der Waals surface area contributed by atoms with Crippen LogP contribution >= 0.6 is 0 Å². The van der Waals surface area contributed by atoms with Crippen LogP contribution in [-0.2, 0) is 10.0 Å². The minimum absolute atomic E-state index is 0.0235. The monoisotopic (exact) mass is 286 g/mol. The molecule has 0 heterocycles. The third-order valence-corrected chi connectivity index (χ3v) is 3.93. The highest BCUT2D eigenvalue weighted by atomic mass is 32.2. The molecule has 0 saturated heterocycles. The predicted molar refractivity (Wildman–Crippen MR) is 75.1 cm³/mol. The Morgan fingerprint density at radius 3 is 2.63 bits per heavy atom. The van der Waals surface area contributed by atoms with E-state index in [0.717, 1.165) is 18.4 Å². The number of aliphatic hydroxyl groups excluding tert-OH is 1. The molecule has 0 aliphatic heterocycles. The SMILES string of the molecule is CC(CCCO)NC(C)c1cccc(S(N)(=O)=O)c1. The first kappa shape index (κ1) is 16.1. The Bertz CT molecular complexity index is 502. The van der Waals surface area contributed by atoms with Crippen LogP contribution in [0.25, 0.3) is 0 Å². The van der Waals surface area contributed by atoms with Gasteiger partial charge in [-0.1, -0.05) is 12.1 Å². The van der Waals surface area contributed by atoms with Gasteiger partial charge in [-0.3, -0.25) is 0 Å². The summed E-state index contributed by atoms with van der Waals surface area (Å²) in [6, 6.07) is 6.90. The Morgan fingerprint density at radius 1 is 1.37 bits per heavy atom. The molecule has 0 bridgehead atoms. The second kappa shape index (κ2) is 7.00. The maximum atomic E-state index is 11.3. The molecule has 0 aliphatic carbocycles. The number of benzene rings is 1. The van der Waals surface area contributed by atoms with Gasteiger partial charge >= 0.3 is 0 Å². The molecule has 2 unspecified atom stereocenters. The van der Waals surface area contributed by atoms with Crippen LogP contribution in [0.5, 0.6) is 0 Å². The molecular weight excluding hydrogens is 264 g/mol. The van der Waals surface area contributed by atoms with Crippen molar-refractivity contribution in [3.8, 4) is 0 Å². The maximum Gasteiger partial charge on any atom is 0.238 e. The maximum absolute atomic E-state index is 11.3. The summed E-state index contributed by atoms with van der Waals surface area (Å²) in [5, 5.41) is 17.3. The molecule has 0 fully saturated rings. The van der Waals surface area contributed by atoms with Gasteiger partial charge in [0.05, 0.1) is 4.90 Å². The van der Waals surface area contributed by atoms with E-state index in [0.29, 0.717) is 0 Å². The van der Waals surface area contributed by atoms with Crippen LogP contribution in [-0.4, -0.2) is 26.2 Å². The van der Waals surface area contributed by atoms with E-state index >= 15 is 0 Å². The Morgan fingerprint density at radius 2 is 2.05 bits per heavy atom. The van der Waals surface area contributed by atoms with Crippen LogP contribution < -0.4 is 10.5 Å². The summed E-state index contributed by atoms with van der Waals surface area (Å²) in [7, 11) is -3.66. The van der Waals surface area contributed by atoms with Crippen LogP contribution in [0.3, 0.4) is 0 Å². The number of sulfonamides is 1. The minimum atomic E-state index is -3.66. The molecule has 1 aromatic rings. The lowest BCUT2D eigenvalue weighted by Crippen LogP contribution is -2.29. The first-order chi connectivity index (χ1) is 8.84. The lowest BCUT2D eigenvalue weighted by atomic mass is 10.1. The molecule has 19 heavy (non-hydrogen) atoms. The average Bonchev–Trinajstić information content (AvgIpc) is 2.35. The van der Waals surface area contributed by atoms with Gasteiger partial charge in [-0.25, -0.2) is 13.6 Å². The third-order valence-electron chi connectivity index (χ3n) is 3.02. The number of hydrogen-bond donors (Lipinski definition) is 3. The highest BCUT2D eigenvalue weighted by molar-refractivity contribution is 7.89. The molecule has 4 N–H and O–H groups in total. The Labute approximate surface area is 114 Å². The van der Waals surface area contributed by atoms with Gasteiger partial charge in [0.15, 0.2) is 0 Å². The molecular formula is C13H22N2O3S.